The summed E-state index contributed by atoms with van der Waals surface area (Å²) in [7, 11) is 0. The maximum Gasteiger partial charge on any atom is 0.460 e. The molecule has 1 aliphatic carbocycles. The van der Waals surface area contributed by atoms with Gasteiger partial charge in [-0.15, -0.1) is 0 Å². The molecule has 0 saturated carbocycles. The molecule has 3 aromatic carbocycles. The fourth-order valence-corrected chi connectivity index (χ4v) is 7.81. The van der Waals surface area contributed by atoms with Gasteiger partial charge in [-0.25, -0.2) is 14.0 Å². The van der Waals surface area contributed by atoms with Crippen LogP contribution in [-0.2, 0) is 38.5 Å². The van der Waals surface area contributed by atoms with Crippen LogP contribution in [0.5, 0.6) is 0 Å². The molecule has 26 heteroatoms. The molecule has 0 N–H and O–H groups in total. The van der Waals surface area contributed by atoms with Crippen molar-refractivity contribution in [2.45, 2.75) is 125 Å². The Hall–Kier alpha value is -5.85. The molecule has 1 heterocycles. The van der Waals surface area contributed by atoms with Gasteiger partial charge in [-0.3, -0.25) is 9.69 Å². The number of hydrogen-bond acceptors (Lipinski definition) is 5. The maximum atomic E-state index is 14.7. The second-order valence-corrected chi connectivity index (χ2v) is 18.6. The molecule has 3 aromatic rings. The van der Waals surface area contributed by atoms with E-state index in [1.165, 1.54) is 39.0 Å². The molecule has 1 amide bonds. The molecule has 73 heavy (non-hydrogen) atoms. The van der Waals surface area contributed by atoms with E-state index in [4.69, 9.17) is 9.47 Å². The Kier molecular flexibility index (Phi) is 14.7. The molecule has 0 radical (unpaired) electrons. The zero-order chi connectivity index (χ0) is 55.8. The van der Waals surface area contributed by atoms with Crippen LogP contribution < -0.4 is 0 Å². The Bertz CT molecular complexity index is 2640. The number of carbonyl (C=O) groups excluding carboxylic acids is 3. The average molecular weight is 1080 g/mol. The molecule has 2 aliphatic rings. The van der Waals surface area contributed by atoms with Gasteiger partial charge < -0.3 is 9.47 Å². The number of esters is 1. The Balaban J connectivity index is 1.43. The average Bonchev–Trinajstić information content (AvgIpc) is 3.46. The van der Waals surface area contributed by atoms with E-state index < -0.39 is 132 Å². The molecule has 0 bridgehead atoms. The van der Waals surface area contributed by atoms with Crippen LogP contribution in [0.15, 0.2) is 96.1 Å². The van der Waals surface area contributed by atoms with E-state index in [1.54, 1.807) is 44.2 Å². The van der Waals surface area contributed by atoms with E-state index in [9.17, 15) is 102 Å². The molecule has 402 valence electrons. The predicted octanol–water partition coefficient (Wildman–Crippen LogP) is 13.7. The molecular weight excluding hydrogens is 1040 g/mol. The number of benzene rings is 3. The van der Waals surface area contributed by atoms with E-state index >= 15 is 0 Å². The first-order valence-electron chi connectivity index (χ1n) is 21.1. The van der Waals surface area contributed by atoms with E-state index in [2.05, 4.69) is 0 Å². The van der Waals surface area contributed by atoms with Crippen LogP contribution in [0.25, 0.3) is 5.57 Å². The quantitative estimate of drug-likeness (QED) is 0.106. The van der Waals surface area contributed by atoms with Crippen molar-refractivity contribution in [3.63, 3.8) is 0 Å². The predicted molar refractivity (Wildman–Crippen MR) is 216 cm³/mol. The largest absolute Gasteiger partial charge is 0.460 e. The summed E-state index contributed by atoms with van der Waals surface area (Å²) in [6.45, 7) is 6.44. The number of Topliss-reactive ketones (excluding diaryl/α,β-unsaturated/α-hetero) is 1. The number of nitrogens with zero attached hydrogens (tertiary/aromatic N) is 1. The molecule has 1 aliphatic heterocycles. The van der Waals surface area contributed by atoms with Gasteiger partial charge in [-0.2, -0.15) is 83.4 Å². The summed E-state index contributed by atoms with van der Waals surface area (Å²) in [5.41, 5.74) is -3.82. The number of fused-ring (bicyclic) bond motifs is 1. The summed E-state index contributed by atoms with van der Waals surface area (Å²) in [5.74, 6) is -69.5. The highest BCUT2D eigenvalue weighted by Gasteiger charge is 2.96. The Morgan fingerprint density at radius 3 is 1.53 bits per heavy atom. The minimum Gasteiger partial charge on any atom is -0.458 e. The number of ketones is 1. The third-order valence-electron chi connectivity index (χ3n) is 12.0. The fraction of sp³-hybridized carbons (Fsp3) is 0.468. The van der Waals surface area contributed by atoms with Crippen molar-refractivity contribution in [1.82, 2.24) is 4.90 Å². The standard InChI is InChI=1S/C47H39F20NO5/c1-36(2,3)73-34(70)38(21-26-15-17-29(48)18-16-26)22-31-30(32(33(69)37(31,4)5)28-9-7-6-8-10-28)23-68(38)35(71)72-24-27-13-11-25(12-14-27)19-20-39(49,50)40(51,52)41(53,54)42(55,56)43(57,58)44(59,60)45(61,62)46(63,64)47(65,66)67/h6-18,22H,19-21,23-24H2,1-5H3. The van der Waals surface area contributed by atoms with Crippen LogP contribution >= 0.6 is 0 Å². The lowest BCUT2D eigenvalue weighted by Crippen LogP contribution is -2.75. The molecule has 1 atom stereocenters. The van der Waals surface area contributed by atoms with Crippen molar-refractivity contribution in [3.8, 4) is 0 Å². The molecule has 0 saturated heterocycles. The lowest BCUT2D eigenvalue weighted by atomic mass is 9.75. The van der Waals surface area contributed by atoms with Gasteiger partial charge in [0.15, 0.2) is 11.3 Å². The number of carbonyl (C=O) groups is 3. The van der Waals surface area contributed by atoms with Gasteiger partial charge in [-0.05, 0) is 92.6 Å². The number of amides is 1. The number of ether oxygens (including phenoxy) is 2. The highest BCUT2D eigenvalue weighted by Crippen LogP contribution is 2.65. The molecule has 1 unspecified atom stereocenters. The summed E-state index contributed by atoms with van der Waals surface area (Å²) in [4.78, 5) is 44.0. The first kappa shape index (κ1) is 58.0. The summed E-state index contributed by atoms with van der Waals surface area (Å²) < 4.78 is 288. The Morgan fingerprint density at radius 2 is 1.05 bits per heavy atom. The van der Waals surface area contributed by atoms with E-state index in [0.29, 0.717) is 16.7 Å². The second kappa shape index (κ2) is 18.5. The summed E-state index contributed by atoms with van der Waals surface area (Å²) in [6.07, 6.45) is -12.6. The van der Waals surface area contributed by atoms with Gasteiger partial charge in [0.1, 0.15) is 18.0 Å². The van der Waals surface area contributed by atoms with Gasteiger partial charge in [0.05, 0.1) is 12.0 Å². The zero-order valence-electron chi connectivity index (χ0n) is 38.2. The van der Waals surface area contributed by atoms with Gasteiger partial charge in [-0.1, -0.05) is 66.7 Å². The van der Waals surface area contributed by atoms with Gasteiger partial charge in [0.2, 0.25) is 0 Å². The van der Waals surface area contributed by atoms with Crippen molar-refractivity contribution >= 4 is 23.4 Å². The number of alkyl halides is 19. The topological polar surface area (TPSA) is 72.9 Å². The SMILES string of the molecule is CC(C)(C)OC(=O)C1(Cc2ccc(F)cc2)C=C2C(=C(c3ccccc3)C(=O)C2(C)C)CN1C(=O)OCc1ccc(CCC(F)(F)C(F)(F)C(F)(F)C(F)(F)C(F)(F)C(F)(F)C(F)(F)C(F)(F)C(F)(F)F)cc1. The number of allylic oxidation sites excluding steroid dienone is 1. The number of rotatable bonds is 16. The molecule has 5 rings (SSSR count). The van der Waals surface area contributed by atoms with Gasteiger partial charge in [0.25, 0.3) is 0 Å². The fourth-order valence-electron chi connectivity index (χ4n) is 7.81. The summed E-state index contributed by atoms with van der Waals surface area (Å²) in [6, 6.07) is 16.3. The summed E-state index contributed by atoms with van der Waals surface area (Å²) in [5, 5.41) is 0. The summed E-state index contributed by atoms with van der Waals surface area (Å²) >= 11 is 0. The van der Waals surface area contributed by atoms with Crippen molar-refractivity contribution in [1.29, 1.82) is 0 Å². The molecule has 0 spiro atoms. The van der Waals surface area contributed by atoms with Crippen LogP contribution in [0.4, 0.5) is 92.6 Å². The number of aryl methyl sites for hydroxylation is 1. The third-order valence-corrected chi connectivity index (χ3v) is 12.0. The van der Waals surface area contributed by atoms with Crippen molar-refractivity contribution in [3.05, 3.63) is 124 Å². The van der Waals surface area contributed by atoms with E-state index in [0.717, 1.165) is 41.3 Å². The third kappa shape index (κ3) is 9.63. The smallest absolute Gasteiger partial charge is 0.458 e. The lowest BCUT2D eigenvalue weighted by molar-refractivity contribution is -0.468. The molecule has 6 nitrogen and oxygen atoms in total. The number of halogens is 20. The number of hydrogen-bond donors (Lipinski definition) is 0. The molecule has 0 fully saturated rings. The Labute approximate surface area is 401 Å². The monoisotopic (exact) mass is 1080 g/mol. The van der Waals surface area contributed by atoms with Crippen LogP contribution in [0.2, 0.25) is 0 Å². The second-order valence-electron chi connectivity index (χ2n) is 18.6. The Morgan fingerprint density at radius 1 is 0.603 bits per heavy atom. The van der Waals surface area contributed by atoms with Gasteiger partial charge >= 0.3 is 65.6 Å². The lowest BCUT2D eigenvalue weighted by Gasteiger charge is -2.45. The van der Waals surface area contributed by atoms with Crippen LogP contribution in [0.1, 0.15) is 63.3 Å². The minimum absolute atomic E-state index is 0.0903. The van der Waals surface area contributed by atoms with Crippen LogP contribution in [-0.4, -0.2) is 94.0 Å². The first-order valence-corrected chi connectivity index (χ1v) is 21.1. The highest BCUT2D eigenvalue weighted by atomic mass is 19.4. The first-order chi connectivity index (χ1) is 32.9. The minimum atomic E-state index is -9.03. The normalized spacial score (nSPS) is 18.7. The van der Waals surface area contributed by atoms with Gasteiger partial charge in [0, 0.05) is 18.4 Å². The van der Waals surface area contributed by atoms with Crippen molar-refractivity contribution in [2.75, 3.05) is 6.54 Å². The van der Waals surface area contributed by atoms with Crippen molar-refractivity contribution < 1.29 is 112 Å². The molecular formula is C47H39F20NO5. The van der Waals surface area contributed by atoms with E-state index in [1.807, 2.05) is 0 Å². The van der Waals surface area contributed by atoms with Crippen LogP contribution in [0.3, 0.4) is 0 Å². The molecule has 0 aromatic heterocycles. The van der Waals surface area contributed by atoms with E-state index in [-0.39, 0.29) is 16.7 Å². The maximum absolute atomic E-state index is 14.7. The van der Waals surface area contributed by atoms with Crippen molar-refractivity contribution in [2.24, 2.45) is 5.41 Å². The highest BCUT2D eigenvalue weighted by molar-refractivity contribution is 6.29. The zero-order valence-corrected chi connectivity index (χ0v) is 38.2. The van der Waals surface area contributed by atoms with Crippen LogP contribution in [0, 0.1) is 11.2 Å².